The van der Waals surface area contributed by atoms with Crippen LogP contribution in [0.5, 0.6) is 0 Å². The lowest BCUT2D eigenvalue weighted by atomic mass is 9.84. The molecule has 3 heteroatoms. The average Bonchev–Trinajstić information content (AvgIpc) is 2.49. The maximum absolute atomic E-state index is 11.5. The minimum absolute atomic E-state index is 0.222. The number of unbranched alkanes of at least 4 members (excludes halogenated alkanes) is 1. The van der Waals surface area contributed by atoms with E-state index >= 15 is 0 Å². The van der Waals surface area contributed by atoms with E-state index in [1.807, 2.05) is 0 Å². The van der Waals surface area contributed by atoms with E-state index in [4.69, 9.17) is 0 Å². The zero-order valence-electron chi connectivity index (χ0n) is 13.5. The van der Waals surface area contributed by atoms with Crippen LogP contribution in [-0.2, 0) is 4.79 Å². The summed E-state index contributed by atoms with van der Waals surface area (Å²) < 4.78 is 0. The van der Waals surface area contributed by atoms with Crippen LogP contribution in [0, 0.1) is 5.92 Å². The van der Waals surface area contributed by atoms with Crippen molar-refractivity contribution in [3.8, 4) is 0 Å². The van der Waals surface area contributed by atoms with Crippen LogP contribution in [0.2, 0.25) is 0 Å². The summed E-state index contributed by atoms with van der Waals surface area (Å²) in [5.41, 5.74) is 0. The molecule has 1 aliphatic carbocycles. The number of amides is 1. The Kier molecular flexibility index (Phi) is 9.73. The van der Waals surface area contributed by atoms with E-state index in [2.05, 4.69) is 24.6 Å². The largest absolute Gasteiger partial charge is 0.356 e. The topological polar surface area (TPSA) is 41.1 Å². The molecule has 0 spiro atoms. The first-order valence-corrected chi connectivity index (χ1v) is 8.70. The molecule has 0 radical (unpaired) electrons. The fraction of sp³-hybridized carbons (Fsp3) is 0.941. The number of hydrogen-bond acceptors (Lipinski definition) is 2. The number of carbonyl (C=O) groups is 1. The van der Waals surface area contributed by atoms with Gasteiger partial charge >= 0.3 is 0 Å². The van der Waals surface area contributed by atoms with Crippen molar-refractivity contribution in [1.82, 2.24) is 10.6 Å². The van der Waals surface area contributed by atoms with Gasteiger partial charge in [0.15, 0.2) is 0 Å². The SMILES string of the molecule is CCCCC(=O)NCCC[C@@H](CC1CCCCC1)NC. The molecule has 0 aliphatic heterocycles. The molecule has 118 valence electrons. The van der Waals surface area contributed by atoms with Gasteiger partial charge in [0, 0.05) is 19.0 Å². The Morgan fingerprint density at radius 3 is 2.60 bits per heavy atom. The Morgan fingerprint density at radius 1 is 1.20 bits per heavy atom. The van der Waals surface area contributed by atoms with Crippen LogP contribution in [0.3, 0.4) is 0 Å². The Morgan fingerprint density at radius 2 is 1.95 bits per heavy atom. The quantitative estimate of drug-likeness (QED) is 0.601. The minimum atomic E-state index is 0.222. The van der Waals surface area contributed by atoms with Gasteiger partial charge < -0.3 is 10.6 Å². The van der Waals surface area contributed by atoms with Crippen molar-refractivity contribution in [3.63, 3.8) is 0 Å². The van der Waals surface area contributed by atoms with Gasteiger partial charge in [-0.05, 0) is 38.6 Å². The van der Waals surface area contributed by atoms with Crippen molar-refractivity contribution in [2.75, 3.05) is 13.6 Å². The zero-order valence-corrected chi connectivity index (χ0v) is 13.5. The van der Waals surface area contributed by atoms with Crippen LogP contribution in [0.4, 0.5) is 0 Å². The molecule has 0 saturated heterocycles. The minimum Gasteiger partial charge on any atom is -0.356 e. The molecule has 0 aromatic rings. The third-order valence-electron chi connectivity index (χ3n) is 4.56. The molecule has 0 aromatic heterocycles. The van der Waals surface area contributed by atoms with Crippen molar-refractivity contribution in [2.45, 2.75) is 83.6 Å². The summed E-state index contributed by atoms with van der Waals surface area (Å²) in [5.74, 6) is 1.15. The number of nitrogens with one attached hydrogen (secondary N) is 2. The normalized spacial score (nSPS) is 17.9. The highest BCUT2D eigenvalue weighted by Gasteiger charge is 2.17. The fourth-order valence-corrected chi connectivity index (χ4v) is 3.21. The molecular formula is C17H34N2O. The summed E-state index contributed by atoms with van der Waals surface area (Å²) in [5, 5.41) is 6.49. The maximum Gasteiger partial charge on any atom is 0.219 e. The van der Waals surface area contributed by atoms with Gasteiger partial charge in [-0.1, -0.05) is 45.4 Å². The van der Waals surface area contributed by atoms with Crippen molar-refractivity contribution < 1.29 is 4.79 Å². The Bertz CT molecular complexity index is 249. The van der Waals surface area contributed by atoms with Crippen LogP contribution >= 0.6 is 0 Å². The second kappa shape index (κ2) is 11.1. The van der Waals surface area contributed by atoms with E-state index in [0.29, 0.717) is 12.5 Å². The van der Waals surface area contributed by atoms with E-state index < -0.39 is 0 Å². The first kappa shape index (κ1) is 17.5. The number of carbonyl (C=O) groups excluding carboxylic acids is 1. The molecular weight excluding hydrogens is 248 g/mol. The molecule has 1 amide bonds. The standard InChI is InChI=1S/C17H34N2O/c1-3-4-12-17(20)19-13-8-11-16(18-2)14-15-9-6-5-7-10-15/h15-16,18H,3-14H2,1-2H3,(H,19,20)/t16-/m0/s1. The highest BCUT2D eigenvalue weighted by atomic mass is 16.1. The van der Waals surface area contributed by atoms with Crippen molar-refractivity contribution in [3.05, 3.63) is 0 Å². The first-order chi connectivity index (χ1) is 9.76. The second-order valence-electron chi connectivity index (χ2n) is 6.32. The van der Waals surface area contributed by atoms with Gasteiger partial charge in [-0.3, -0.25) is 4.79 Å². The van der Waals surface area contributed by atoms with Gasteiger partial charge in [0.05, 0.1) is 0 Å². The summed E-state index contributed by atoms with van der Waals surface area (Å²) in [4.78, 5) is 11.5. The summed E-state index contributed by atoms with van der Waals surface area (Å²) >= 11 is 0. The van der Waals surface area contributed by atoms with E-state index in [0.717, 1.165) is 31.7 Å². The number of hydrogen-bond donors (Lipinski definition) is 2. The average molecular weight is 282 g/mol. The Hall–Kier alpha value is -0.570. The van der Waals surface area contributed by atoms with Gasteiger partial charge in [0.25, 0.3) is 0 Å². The van der Waals surface area contributed by atoms with E-state index in [1.165, 1.54) is 44.9 Å². The monoisotopic (exact) mass is 282 g/mol. The lowest BCUT2D eigenvalue weighted by molar-refractivity contribution is -0.121. The Balaban J connectivity index is 2.06. The highest BCUT2D eigenvalue weighted by Crippen LogP contribution is 2.28. The van der Waals surface area contributed by atoms with Crippen LogP contribution < -0.4 is 10.6 Å². The van der Waals surface area contributed by atoms with E-state index in [9.17, 15) is 4.79 Å². The third kappa shape index (κ3) is 7.88. The summed E-state index contributed by atoms with van der Waals surface area (Å²) in [7, 11) is 2.08. The molecule has 0 bridgehead atoms. The van der Waals surface area contributed by atoms with Crippen LogP contribution in [-0.4, -0.2) is 25.5 Å². The molecule has 1 fully saturated rings. The summed E-state index contributed by atoms with van der Waals surface area (Å²) in [6.07, 6.45) is 13.5. The summed E-state index contributed by atoms with van der Waals surface area (Å²) in [6.45, 7) is 2.96. The smallest absolute Gasteiger partial charge is 0.219 e. The number of rotatable bonds is 10. The van der Waals surface area contributed by atoms with E-state index in [1.54, 1.807) is 0 Å². The molecule has 2 N–H and O–H groups in total. The zero-order chi connectivity index (χ0) is 14.6. The van der Waals surface area contributed by atoms with E-state index in [-0.39, 0.29) is 5.91 Å². The highest BCUT2D eigenvalue weighted by molar-refractivity contribution is 5.75. The fourth-order valence-electron chi connectivity index (χ4n) is 3.21. The molecule has 1 aliphatic rings. The molecule has 20 heavy (non-hydrogen) atoms. The molecule has 0 aromatic carbocycles. The van der Waals surface area contributed by atoms with Gasteiger partial charge in [0.1, 0.15) is 0 Å². The molecule has 1 atom stereocenters. The maximum atomic E-state index is 11.5. The van der Waals surface area contributed by atoms with Crippen molar-refractivity contribution >= 4 is 5.91 Å². The molecule has 1 rings (SSSR count). The van der Waals surface area contributed by atoms with Crippen LogP contribution in [0.25, 0.3) is 0 Å². The van der Waals surface area contributed by atoms with Crippen molar-refractivity contribution in [1.29, 1.82) is 0 Å². The summed E-state index contributed by atoms with van der Waals surface area (Å²) in [6, 6.07) is 0.630. The van der Waals surface area contributed by atoms with Crippen molar-refractivity contribution in [2.24, 2.45) is 5.92 Å². The lowest BCUT2D eigenvalue weighted by Gasteiger charge is -2.26. The predicted molar refractivity (Wildman–Crippen MR) is 85.8 cm³/mol. The Labute approximate surface area is 125 Å². The lowest BCUT2D eigenvalue weighted by Crippen LogP contribution is -2.30. The molecule has 0 heterocycles. The first-order valence-electron chi connectivity index (χ1n) is 8.70. The molecule has 3 nitrogen and oxygen atoms in total. The van der Waals surface area contributed by atoms with Gasteiger partial charge in [-0.15, -0.1) is 0 Å². The van der Waals surface area contributed by atoms with Gasteiger partial charge in [-0.25, -0.2) is 0 Å². The molecule has 1 saturated carbocycles. The second-order valence-corrected chi connectivity index (χ2v) is 6.32. The van der Waals surface area contributed by atoms with Crippen LogP contribution in [0.15, 0.2) is 0 Å². The van der Waals surface area contributed by atoms with Gasteiger partial charge in [0.2, 0.25) is 5.91 Å². The van der Waals surface area contributed by atoms with Gasteiger partial charge in [-0.2, -0.15) is 0 Å². The molecule has 0 unspecified atom stereocenters. The predicted octanol–water partition coefficient (Wildman–Crippen LogP) is 3.63. The van der Waals surface area contributed by atoms with Crippen LogP contribution in [0.1, 0.15) is 77.6 Å². The third-order valence-corrected chi connectivity index (χ3v) is 4.56.